The summed E-state index contributed by atoms with van der Waals surface area (Å²) in [5.41, 5.74) is -0.635. The van der Waals surface area contributed by atoms with Crippen LogP contribution >= 0.6 is 0 Å². The van der Waals surface area contributed by atoms with Gasteiger partial charge >= 0.3 is 17.9 Å². The minimum absolute atomic E-state index is 0.0424. The van der Waals surface area contributed by atoms with Gasteiger partial charge in [0, 0.05) is 24.5 Å². The summed E-state index contributed by atoms with van der Waals surface area (Å²) < 4.78 is 10.4. The van der Waals surface area contributed by atoms with Gasteiger partial charge in [-0.05, 0) is 17.7 Å². The number of Topliss-reactive ketones (excluding diaryl/α,β-unsaturated/α-hetero) is 1. The highest BCUT2D eigenvalue weighted by Gasteiger charge is 2.41. The predicted molar refractivity (Wildman–Crippen MR) is 111 cm³/mol. The smallest absolute Gasteiger partial charge is 0.348 e. The number of amides is 1. The molecule has 3 unspecified atom stereocenters. The van der Waals surface area contributed by atoms with Gasteiger partial charge in [-0.25, -0.2) is 14.4 Å². The Hall–Kier alpha value is -4.43. The van der Waals surface area contributed by atoms with Crippen molar-refractivity contribution in [3.05, 3.63) is 58.5 Å². The van der Waals surface area contributed by atoms with E-state index in [4.69, 9.17) is 14.6 Å². The Labute approximate surface area is 196 Å². The van der Waals surface area contributed by atoms with Crippen LogP contribution in [0.3, 0.4) is 0 Å². The van der Waals surface area contributed by atoms with E-state index < -0.39 is 77.5 Å². The summed E-state index contributed by atoms with van der Waals surface area (Å²) in [5, 5.41) is 59.2. The molecule has 0 saturated carbocycles. The van der Waals surface area contributed by atoms with Crippen molar-refractivity contribution in [1.82, 2.24) is 5.32 Å². The summed E-state index contributed by atoms with van der Waals surface area (Å²) in [6.07, 6.45) is -3.38. The number of carbonyl (C=O) groups excluding carboxylic acids is 2. The highest BCUT2D eigenvalue weighted by molar-refractivity contribution is 6.04. The quantitative estimate of drug-likeness (QED) is 0.190. The normalized spacial score (nSPS) is 19.9. The third-order valence-corrected chi connectivity index (χ3v) is 4.71. The number of hydrogen-bond acceptors (Lipinski definition) is 10. The van der Waals surface area contributed by atoms with Crippen molar-refractivity contribution < 1.29 is 64.1 Å². The lowest BCUT2D eigenvalue weighted by Crippen LogP contribution is -2.48. The van der Waals surface area contributed by atoms with E-state index in [-0.39, 0.29) is 23.1 Å². The monoisotopic (exact) mass is 495 g/mol. The van der Waals surface area contributed by atoms with Crippen LogP contribution in [0.5, 0.6) is 0 Å². The maximum Gasteiger partial charge on any atom is 0.348 e. The summed E-state index contributed by atoms with van der Waals surface area (Å²) in [6, 6.07) is -1.79. The predicted octanol–water partition coefficient (Wildman–Crippen LogP) is -1.12. The van der Waals surface area contributed by atoms with Crippen molar-refractivity contribution in [1.29, 1.82) is 0 Å². The van der Waals surface area contributed by atoms with Gasteiger partial charge in [0.2, 0.25) is 17.8 Å². The minimum Gasteiger partial charge on any atom is -0.504 e. The van der Waals surface area contributed by atoms with E-state index in [0.717, 1.165) is 19.1 Å². The first-order chi connectivity index (χ1) is 16.3. The van der Waals surface area contributed by atoms with Crippen molar-refractivity contribution in [3.63, 3.8) is 0 Å². The zero-order valence-electron chi connectivity index (χ0n) is 18.0. The van der Waals surface area contributed by atoms with E-state index in [9.17, 15) is 49.5 Å². The molecule has 0 spiro atoms. The third kappa shape index (κ3) is 5.93. The van der Waals surface area contributed by atoms with E-state index in [1.807, 2.05) is 0 Å². The van der Waals surface area contributed by atoms with Crippen LogP contribution in [-0.4, -0.2) is 85.1 Å². The number of carbonyl (C=O) groups is 5. The van der Waals surface area contributed by atoms with Crippen molar-refractivity contribution in [2.75, 3.05) is 6.61 Å². The van der Waals surface area contributed by atoms with Gasteiger partial charge in [-0.2, -0.15) is 0 Å². The number of rotatable bonds is 10. The molecule has 0 saturated heterocycles. The number of allylic oxidation sites excluding steroid dienone is 2. The number of ether oxygens (including phenoxy) is 2. The number of ketones is 1. The first-order valence-corrected chi connectivity index (χ1v) is 9.68. The molecule has 2 aliphatic rings. The van der Waals surface area contributed by atoms with Gasteiger partial charge in [0.15, 0.2) is 29.4 Å². The van der Waals surface area contributed by atoms with E-state index in [2.05, 4.69) is 11.9 Å². The van der Waals surface area contributed by atoms with Crippen LogP contribution in [0.1, 0.15) is 13.3 Å². The van der Waals surface area contributed by atoms with E-state index in [1.54, 1.807) is 0 Å². The molecule has 35 heavy (non-hydrogen) atoms. The number of carboxylic acids is 3. The van der Waals surface area contributed by atoms with Gasteiger partial charge < -0.3 is 45.4 Å². The number of nitrogens with one attached hydrogen (secondary N) is 1. The number of aliphatic hydroxyl groups is 3. The lowest BCUT2D eigenvalue weighted by Gasteiger charge is -2.29. The maximum absolute atomic E-state index is 13.2. The van der Waals surface area contributed by atoms with Crippen LogP contribution in [0.25, 0.3) is 0 Å². The molecule has 188 valence electrons. The molecule has 0 aromatic heterocycles. The second-order valence-electron chi connectivity index (χ2n) is 7.29. The van der Waals surface area contributed by atoms with E-state index in [1.165, 1.54) is 0 Å². The van der Waals surface area contributed by atoms with Crippen LogP contribution < -0.4 is 5.32 Å². The Balaban J connectivity index is 2.59. The molecule has 0 fully saturated rings. The Morgan fingerprint density at radius 1 is 1.17 bits per heavy atom. The molecular weight excluding hydrogens is 474 g/mol. The molecule has 0 aromatic rings. The molecule has 7 N–H and O–H groups in total. The average Bonchev–Trinajstić information content (AvgIpc) is 2.77. The molecule has 14 heteroatoms. The first-order valence-electron chi connectivity index (χ1n) is 9.68. The number of aliphatic carboxylic acids is 3. The Kier molecular flexibility index (Phi) is 8.17. The summed E-state index contributed by atoms with van der Waals surface area (Å²) in [6.45, 7) is 3.59. The number of carboxylic acid groups (broad SMARTS) is 3. The van der Waals surface area contributed by atoms with Crippen molar-refractivity contribution in [2.24, 2.45) is 0 Å². The SMILES string of the molecule is C=C1CC(C(=O)O)=CC(OC2=C(CO)C=C(OC(C(=O)O)C(O)C(=O)O)C(NC(C)=O)C2=O)=C1O. The summed E-state index contributed by atoms with van der Waals surface area (Å²) >= 11 is 0. The maximum atomic E-state index is 13.2. The van der Waals surface area contributed by atoms with E-state index >= 15 is 0 Å². The molecule has 2 aliphatic carbocycles. The fourth-order valence-electron chi connectivity index (χ4n) is 3.03. The number of hydrogen-bond donors (Lipinski definition) is 7. The Morgan fingerprint density at radius 2 is 1.80 bits per heavy atom. The summed E-state index contributed by atoms with van der Waals surface area (Å²) in [7, 11) is 0. The van der Waals surface area contributed by atoms with Gasteiger partial charge in [0.1, 0.15) is 5.76 Å². The van der Waals surface area contributed by atoms with Crippen LogP contribution in [0.2, 0.25) is 0 Å². The van der Waals surface area contributed by atoms with Crippen molar-refractivity contribution >= 4 is 29.6 Å². The lowest BCUT2D eigenvalue weighted by molar-refractivity contribution is -0.168. The van der Waals surface area contributed by atoms with Crippen LogP contribution in [-0.2, 0) is 33.4 Å². The van der Waals surface area contributed by atoms with Crippen LogP contribution in [0.15, 0.2) is 58.5 Å². The largest absolute Gasteiger partial charge is 0.504 e. The van der Waals surface area contributed by atoms with Crippen LogP contribution in [0.4, 0.5) is 0 Å². The lowest BCUT2D eigenvalue weighted by atomic mass is 9.96. The van der Waals surface area contributed by atoms with Crippen molar-refractivity contribution in [3.8, 4) is 0 Å². The molecule has 3 atom stereocenters. The van der Waals surface area contributed by atoms with Crippen molar-refractivity contribution in [2.45, 2.75) is 31.6 Å². The molecule has 0 radical (unpaired) electrons. The van der Waals surface area contributed by atoms with Gasteiger partial charge in [-0.1, -0.05) is 6.58 Å². The third-order valence-electron chi connectivity index (χ3n) is 4.71. The average molecular weight is 495 g/mol. The summed E-state index contributed by atoms with van der Waals surface area (Å²) in [4.78, 5) is 58.6. The Bertz CT molecular complexity index is 1120. The molecule has 1 amide bonds. The minimum atomic E-state index is -2.56. The fraction of sp³-hybridized carbons (Fsp3) is 0.286. The van der Waals surface area contributed by atoms with Gasteiger partial charge in [-0.3, -0.25) is 9.59 Å². The highest BCUT2D eigenvalue weighted by atomic mass is 16.5. The number of aliphatic hydroxyl groups excluding tert-OH is 3. The van der Waals surface area contributed by atoms with E-state index in [0.29, 0.717) is 0 Å². The first kappa shape index (κ1) is 26.8. The highest BCUT2D eigenvalue weighted by Crippen LogP contribution is 2.32. The molecule has 0 bridgehead atoms. The molecule has 0 heterocycles. The fourth-order valence-corrected chi connectivity index (χ4v) is 3.03. The standard InChI is InChI=1S/C21H21NO13/c1-7-3-9(19(28)29)4-12(14(7)25)35-17-10(6-23)5-11(13(15(17)26)22-8(2)24)34-18(21(32)33)16(27)20(30)31/h4-5,13,16,18,23,25,27H,1,3,6H2,2H3,(H,22,24)(H,28,29)(H,30,31)(H,32,33). The Morgan fingerprint density at radius 3 is 2.29 bits per heavy atom. The second kappa shape index (κ2) is 10.7. The zero-order valence-corrected chi connectivity index (χ0v) is 18.0. The summed E-state index contributed by atoms with van der Waals surface area (Å²) in [5.74, 6) is -9.53. The molecule has 0 aromatic carbocycles. The molecule has 0 aliphatic heterocycles. The van der Waals surface area contributed by atoms with Gasteiger partial charge in [0.05, 0.1) is 6.61 Å². The molecule has 14 nitrogen and oxygen atoms in total. The zero-order chi connectivity index (χ0) is 26.6. The molecule has 2 rings (SSSR count). The molecular formula is C21H21NO13. The second-order valence-corrected chi connectivity index (χ2v) is 7.29. The van der Waals surface area contributed by atoms with Gasteiger partial charge in [0.25, 0.3) is 0 Å². The van der Waals surface area contributed by atoms with Crippen LogP contribution in [0, 0.1) is 0 Å². The topological polar surface area (TPSA) is 237 Å². The van der Waals surface area contributed by atoms with Gasteiger partial charge in [-0.15, -0.1) is 0 Å².